The smallest absolute Gasteiger partial charge is 0.367 e. The third-order valence-corrected chi connectivity index (χ3v) is 7.00. The molecule has 0 saturated heterocycles. The van der Waals surface area contributed by atoms with Gasteiger partial charge in [-0.3, -0.25) is 10.2 Å². The number of nitrogens with one attached hydrogen (secondary N) is 5. The van der Waals surface area contributed by atoms with Crippen LogP contribution >= 0.6 is 0 Å². The van der Waals surface area contributed by atoms with Gasteiger partial charge in [-0.15, -0.1) is 0 Å². The summed E-state index contributed by atoms with van der Waals surface area (Å²) in [4.78, 5) is 34.1. The molecular formula is C29H34F3N7O2. The van der Waals surface area contributed by atoms with Gasteiger partial charge in [0.1, 0.15) is 18.0 Å². The molecule has 2 aliphatic rings. The summed E-state index contributed by atoms with van der Waals surface area (Å²) in [7, 11) is 0. The summed E-state index contributed by atoms with van der Waals surface area (Å²) in [5.41, 5.74) is -0.702. The fourth-order valence-electron chi connectivity index (χ4n) is 4.86. The molecule has 2 aliphatic carbocycles. The van der Waals surface area contributed by atoms with Gasteiger partial charge < -0.3 is 21.3 Å². The summed E-state index contributed by atoms with van der Waals surface area (Å²) in [5, 5.41) is 20.4. The van der Waals surface area contributed by atoms with Crippen molar-refractivity contribution in [3.63, 3.8) is 0 Å². The highest BCUT2D eigenvalue weighted by molar-refractivity contribution is 6.19. The number of aromatic nitrogens is 2. The Labute approximate surface area is 236 Å². The second kappa shape index (κ2) is 12.1. The van der Waals surface area contributed by atoms with Gasteiger partial charge in [-0.25, -0.2) is 14.8 Å². The van der Waals surface area contributed by atoms with Crippen LogP contribution in [0.3, 0.4) is 0 Å². The molecule has 2 aromatic rings. The third kappa shape index (κ3) is 7.50. The van der Waals surface area contributed by atoms with E-state index in [0.29, 0.717) is 23.4 Å². The zero-order valence-corrected chi connectivity index (χ0v) is 23.2. The predicted molar refractivity (Wildman–Crippen MR) is 152 cm³/mol. The van der Waals surface area contributed by atoms with Crippen LogP contribution in [0.4, 0.5) is 35.3 Å². The molecule has 218 valence electrons. The van der Waals surface area contributed by atoms with Crippen LogP contribution < -0.4 is 21.3 Å². The quantitative estimate of drug-likeness (QED) is 0.239. The van der Waals surface area contributed by atoms with Crippen molar-refractivity contribution >= 4 is 35.0 Å². The fraction of sp³-hybridized carbons (Fsp3) is 0.414. The van der Waals surface area contributed by atoms with E-state index in [2.05, 4.69) is 31.2 Å². The highest BCUT2D eigenvalue weighted by Crippen LogP contribution is 2.32. The molecule has 5 N–H and O–H groups in total. The highest BCUT2D eigenvalue weighted by Gasteiger charge is 2.31. The molecule has 0 aliphatic heterocycles. The summed E-state index contributed by atoms with van der Waals surface area (Å²) in [6, 6.07) is 3.74. The Morgan fingerprint density at radius 2 is 1.80 bits per heavy atom. The van der Waals surface area contributed by atoms with E-state index in [1.165, 1.54) is 18.5 Å². The maximum Gasteiger partial charge on any atom is 0.416 e. The maximum absolute atomic E-state index is 13.0. The summed E-state index contributed by atoms with van der Waals surface area (Å²) in [5.74, 6) is 0.466. The Kier molecular flexibility index (Phi) is 8.79. The Morgan fingerprint density at radius 3 is 2.44 bits per heavy atom. The molecule has 1 heterocycles. The van der Waals surface area contributed by atoms with Crippen LogP contribution in [-0.2, 0) is 11.0 Å². The molecule has 0 spiro atoms. The number of carbonyl (C=O) groups is 2. The number of urea groups is 1. The minimum atomic E-state index is -4.52. The van der Waals surface area contributed by atoms with Crippen molar-refractivity contribution in [2.45, 2.75) is 70.6 Å². The monoisotopic (exact) mass is 569 g/mol. The number of benzene rings is 1. The second-order valence-corrected chi connectivity index (χ2v) is 10.9. The van der Waals surface area contributed by atoms with Crippen LogP contribution in [0.25, 0.3) is 0 Å². The number of rotatable bonds is 8. The first-order valence-electron chi connectivity index (χ1n) is 13.5. The molecule has 1 saturated carbocycles. The third-order valence-electron chi connectivity index (χ3n) is 7.00. The predicted octanol–water partition coefficient (Wildman–Crippen LogP) is 6.28. The minimum absolute atomic E-state index is 0.00791. The normalized spacial score (nSPS) is 19.0. The van der Waals surface area contributed by atoms with E-state index in [1.807, 2.05) is 13.8 Å². The molecule has 1 aromatic carbocycles. The number of hydrogen-bond donors (Lipinski definition) is 5. The van der Waals surface area contributed by atoms with Gasteiger partial charge in [0, 0.05) is 17.6 Å². The molecule has 0 radical (unpaired) electrons. The lowest BCUT2D eigenvalue weighted by atomic mass is 9.87. The standard InChI is InChI=1S/C29H34F3N7O2/c1-17(2)36-24-22(25(35-16-34-24)38-26(40)19-7-4-5-8-19)23(33)18-11-13-28(3,14-12-18)39-27(41)37-21-10-6-9-20(15-21)29(30,31)32/h6,9-13,15-17,19,33H,4-5,7-8,14H2,1-3H3,(H2,37,39,41)(H2,34,35,36,38,40). The Bertz CT molecular complexity index is 1380. The van der Waals surface area contributed by atoms with Crippen molar-refractivity contribution in [3.8, 4) is 0 Å². The molecule has 1 aromatic heterocycles. The van der Waals surface area contributed by atoms with Crippen molar-refractivity contribution in [1.29, 1.82) is 5.41 Å². The molecule has 4 rings (SSSR count). The summed E-state index contributed by atoms with van der Waals surface area (Å²) in [6.45, 7) is 5.64. The van der Waals surface area contributed by atoms with Crippen LogP contribution in [0.15, 0.2) is 54.4 Å². The van der Waals surface area contributed by atoms with Crippen molar-refractivity contribution in [1.82, 2.24) is 15.3 Å². The Morgan fingerprint density at radius 1 is 1.10 bits per heavy atom. The van der Waals surface area contributed by atoms with Crippen LogP contribution in [0, 0.1) is 11.3 Å². The number of halogens is 3. The fourth-order valence-corrected chi connectivity index (χ4v) is 4.86. The number of alkyl halides is 3. The van der Waals surface area contributed by atoms with Crippen molar-refractivity contribution in [2.75, 3.05) is 16.0 Å². The SMILES string of the molecule is CC(C)Nc1ncnc(NC(=O)C2CCCC2)c1C(=N)C1=CCC(C)(NC(=O)Nc2cccc(C(F)(F)F)c2)C=C1. The van der Waals surface area contributed by atoms with Gasteiger partial charge in [0.15, 0.2) is 0 Å². The van der Waals surface area contributed by atoms with Gasteiger partial charge in [0.25, 0.3) is 0 Å². The Hall–Kier alpha value is -4.22. The largest absolute Gasteiger partial charge is 0.416 e. The average molecular weight is 570 g/mol. The molecule has 1 unspecified atom stereocenters. The topological polar surface area (TPSA) is 132 Å². The van der Waals surface area contributed by atoms with Crippen molar-refractivity contribution < 1.29 is 22.8 Å². The van der Waals surface area contributed by atoms with Gasteiger partial charge in [-0.2, -0.15) is 13.2 Å². The van der Waals surface area contributed by atoms with Crippen LogP contribution in [-0.4, -0.2) is 39.2 Å². The van der Waals surface area contributed by atoms with E-state index >= 15 is 0 Å². The molecule has 0 bridgehead atoms. The number of anilines is 3. The lowest BCUT2D eigenvalue weighted by Crippen LogP contribution is -2.47. The Balaban J connectivity index is 1.49. The lowest BCUT2D eigenvalue weighted by Gasteiger charge is -2.30. The molecule has 1 atom stereocenters. The molecule has 9 nitrogen and oxygen atoms in total. The maximum atomic E-state index is 13.0. The van der Waals surface area contributed by atoms with Gasteiger partial charge in [-0.05, 0) is 63.8 Å². The van der Waals surface area contributed by atoms with Crippen molar-refractivity contribution in [3.05, 3.63) is 65.5 Å². The van der Waals surface area contributed by atoms with E-state index in [0.717, 1.165) is 37.8 Å². The first-order valence-corrected chi connectivity index (χ1v) is 13.5. The molecule has 41 heavy (non-hydrogen) atoms. The van der Waals surface area contributed by atoms with Crippen LogP contribution in [0.1, 0.15) is 64.0 Å². The van der Waals surface area contributed by atoms with Gasteiger partial charge in [0.05, 0.1) is 22.4 Å². The van der Waals surface area contributed by atoms with E-state index in [-0.39, 0.29) is 35.1 Å². The molecule has 3 amide bonds. The number of nitrogens with zero attached hydrogens (tertiary/aromatic N) is 2. The van der Waals surface area contributed by atoms with Crippen LogP contribution in [0.5, 0.6) is 0 Å². The first-order chi connectivity index (χ1) is 19.3. The number of allylic oxidation sites excluding steroid dienone is 2. The van der Waals surface area contributed by atoms with E-state index < -0.39 is 23.3 Å². The lowest BCUT2D eigenvalue weighted by molar-refractivity contribution is -0.137. The van der Waals surface area contributed by atoms with E-state index in [4.69, 9.17) is 5.41 Å². The zero-order chi connectivity index (χ0) is 29.8. The van der Waals surface area contributed by atoms with E-state index in [9.17, 15) is 22.8 Å². The van der Waals surface area contributed by atoms with Crippen molar-refractivity contribution in [2.24, 2.45) is 5.92 Å². The number of carbonyl (C=O) groups excluding carboxylic acids is 2. The number of hydrogen-bond acceptors (Lipinski definition) is 6. The zero-order valence-electron chi connectivity index (χ0n) is 23.2. The second-order valence-electron chi connectivity index (χ2n) is 10.9. The van der Waals surface area contributed by atoms with Crippen LogP contribution in [0.2, 0.25) is 0 Å². The summed E-state index contributed by atoms with van der Waals surface area (Å²) in [6.07, 6.45) is 5.98. The van der Waals surface area contributed by atoms with E-state index in [1.54, 1.807) is 25.2 Å². The number of amides is 3. The molecule has 12 heteroatoms. The first kappa shape index (κ1) is 29.8. The van der Waals surface area contributed by atoms with Gasteiger partial charge >= 0.3 is 12.2 Å². The van der Waals surface area contributed by atoms with Gasteiger partial charge in [0.2, 0.25) is 5.91 Å². The average Bonchev–Trinajstić information content (AvgIpc) is 3.43. The summed E-state index contributed by atoms with van der Waals surface area (Å²) < 4.78 is 39.0. The minimum Gasteiger partial charge on any atom is -0.367 e. The molecule has 1 fully saturated rings. The molecular weight excluding hydrogens is 535 g/mol. The van der Waals surface area contributed by atoms with Gasteiger partial charge in [-0.1, -0.05) is 37.1 Å². The highest BCUT2D eigenvalue weighted by atomic mass is 19.4. The summed E-state index contributed by atoms with van der Waals surface area (Å²) >= 11 is 0.